The Morgan fingerprint density at radius 2 is 2.10 bits per heavy atom. The first-order valence-corrected chi connectivity index (χ1v) is 9.87. The molecule has 31 heavy (non-hydrogen) atoms. The van der Waals surface area contributed by atoms with E-state index in [1.165, 1.54) is 49.3 Å². The highest BCUT2D eigenvalue weighted by atomic mass is 16.6. The molecule has 0 aliphatic rings. The number of ether oxygens (including phenoxy) is 2. The second kappa shape index (κ2) is 11.5. The van der Waals surface area contributed by atoms with Crippen LogP contribution in [0, 0.1) is 10.1 Å². The van der Waals surface area contributed by atoms with E-state index in [1.807, 2.05) is 0 Å². The summed E-state index contributed by atoms with van der Waals surface area (Å²) in [5, 5.41) is 15.3. The van der Waals surface area contributed by atoms with Crippen molar-refractivity contribution in [2.75, 3.05) is 13.7 Å². The van der Waals surface area contributed by atoms with Gasteiger partial charge in [0.15, 0.2) is 5.75 Å². The zero-order valence-electron chi connectivity index (χ0n) is 17.8. The molecule has 0 spiro atoms. The van der Waals surface area contributed by atoms with Gasteiger partial charge in [-0.05, 0) is 24.6 Å². The van der Waals surface area contributed by atoms with Gasteiger partial charge in [-0.3, -0.25) is 19.7 Å². The highest BCUT2D eigenvalue weighted by Gasteiger charge is 2.22. The largest absolute Gasteiger partial charge is 0.493 e. The van der Waals surface area contributed by atoms with Crippen molar-refractivity contribution in [3.8, 4) is 11.5 Å². The second-order valence-corrected chi connectivity index (χ2v) is 6.77. The number of carbonyl (C=O) groups is 1. The van der Waals surface area contributed by atoms with Crippen molar-refractivity contribution in [1.29, 1.82) is 0 Å². The van der Waals surface area contributed by atoms with Gasteiger partial charge < -0.3 is 14.0 Å². The molecule has 1 heterocycles. The molecule has 0 bridgehead atoms. The maximum atomic E-state index is 12.2. The minimum Gasteiger partial charge on any atom is -0.493 e. The Hall–Kier alpha value is -3.69. The number of nitro benzene ring substituents is 1. The molecule has 0 saturated heterocycles. The van der Waals surface area contributed by atoms with Crippen LogP contribution in [0.2, 0.25) is 0 Å². The first-order valence-electron chi connectivity index (χ1n) is 9.87. The molecule has 1 N–H and O–H groups in total. The van der Waals surface area contributed by atoms with Crippen LogP contribution in [0.25, 0.3) is 0 Å². The van der Waals surface area contributed by atoms with Crippen molar-refractivity contribution >= 4 is 17.8 Å². The number of unbranched alkanes of at least 4 members (excludes halogenated alkanes) is 3. The number of nitro groups is 1. The van der Waals surface area contributed by atoms with Crippen molar-refractivity contribution in [3.63, 3.8) is 0 Å². The molecule has 0 unspecified atom stereocenters. The van der Waals surface area contributed by atoms with Crippen molar-refractivity contribution in [1.82, 2.24) is 9.99 Å². The third kappa shape index (κ3) is 6.39. The Bertz CT molecular complexity index is 1020. The first-order chi connectivity index (χ1) is 14.9. The van der Waals surface area contributed by atoms with E-state index in [9.17, 15) is 19.7 Å². The lowest BCUT2D eigenvalue weighted by Gasteiger charge is -2.12. The number of hydrogen-bond acceptors (Lipinski definition) is 7. The molecule has 0 radical (unpaired) electrons. The van der Waals surface area contributed by atoms with Crippen molar-refractivity contribution < 1.29 is 19.2 Å². The maximum absolute atomic E-state index is 12.2. The third-order valence-corrected chi connectivity index (χ3v) is 4.47. The lowest BCUT2D eigenvalue weighted by atomic mass is 10.1. The third-order valence-electron chi connectivity index (χ3n) is 4.47. The summed E-state index contributed by atoms with van der Waals surface area (Å²) in [5.74, 6) is -0.446. The van der Waals surface area contributed by atoms with Crippen LogP contribution in [0.4, 0.5) is 5.69 Å². The topological polar surface area (TPSA) is 125 Å². The van der Waals surface area contributed by atoms with Crippen LogP contribution < -0.4 is 20.5 Å². The molecule has 0 atom stereocenters. The van der Waals surface area contributed by atoms with E-state index in [4.69, 9.17) is 9.47 Å². The summed E-state index contributed by atoms with van der Waals surface area (Å²) in [4.78, 5) is 35.1. The molecule has 1 amide bonds. The van der Waals surface area contributed by atoms with Crippen LogP contribution in [0.5, 0.6) is 11.5 Å². The number of pyridine rings is 1. The summed E-state index contributed by atoms with van der Waals surface area (Å²) >= 11 is 0. The number of amides is 1. The predicted molar refractivity (Wildman–Crippen MR) is 116 cm³/mol. The van der Waals surface area contributed by atoms with E-state index in [0.717, 1.165) is 25.7 Å². The molecule has 0 aliphatic carbocycles. The van der Waals surface area contributed by atoms with Gasteiger partial charge in [-0.25, -0.2) is 5.43 Å². The summed E-state index contributed by atoms with van der Waals surface area (Å²) in [6, 6.07) is 5.75. The summed E-state index contributed by atoms with van der Waals surface area (Å²) in [6.07, 6.45) is 6.66. The smallest absolute Gasteiger partial charge is 0.315 e. The lowest BCUT2D eigenvalue weighted by molar-refractivity contribution is -0.386. The number of benzene rings is 1. The Morgan fingerprint density at radius 1 is 1.32 bits per heavy atom. The molecule has 1 aromatic heterocycles. The second-order valence-electron chi connectivity index (χ2n) is 6.77. The fourth-order valence-corrected chi connectivity index (χ4v) is 2.81. The van der Waals surface area contributed by atoms with E-state index >= 15 is 0 Å². The number of carbonyl (C=O) groups excluding carboxylic acids is 1. The molecule has 2 aromatic rings. The summed E-state index contributed by atoms with van der Waals surface area (Å²) in [7, 11) is 2.91. The first kappa shape index (κ1) is 23.6. The zero-order valence-corrected chi connectivity index (χ0v) is 17.8. The number of nitrogens with zero attached hydrogens (tertiary/aromatic N) is 3. The normalized spacial score (nSPS) is 10.8. The van der Waals surface area contributed by atoms with Crippen LogP contribution >= 0.6 is 0 Å². The van der Waals surface area contributed by atoms with Gasteiger partial charge in [-0.1, -0.05) is 26.2 Å². The number of hydrazone groups is 1. The monoisotopic (exact) mass is 430 g/mol. The van der Waals surface area contributed by atoms with Gasteiger partial charge in [0.25, 0.3) is 11.5 Å². The predicted octanol–water partition coefficient (Wildman–Crippen LogP) is 3.03. The maximum Gasteiger partial charge on any atom is 0.315 e. The SMILES string of the molecule is CCCCCCOc1c(OC)cc(/C=N\NC(=O)c2cccn(C)c2=O)cc1[N+](=O)[O-]. The average Bonchev–Trinajstić information content (AvgIpc) is 2.75. The van der Waals surface area contributed by atoms with E-state index in [-0.39, 0.29) is 22.7 Å². The number of nitrogens with one attached hydrogen (secondary N) is 1. The molecular formula is C21H26N4O6. The van der Waals surface area contributed by atoms with E-state index < -0.39 is 16.4 Å². The molecule has 0 fully saturated rings. The molecule has 10 nitrogen and oxygen atoms in total. The Labute approximate surface area is 179 Å². The highest BCUT2D eigenvalue weighted by Crippen LogP contribution is 2.38. The minimum atomic E-state index is -0.689. The van der Waals surface area contributed by atoms with Gasteiger partial charge in [0.1, 0.15) is 5.56 Å². The fourth-order valence-electron chi connectivity index (χ4n) is 2.81. The summed E-state index contributed by atoms with van der Waals surface area (Å²) in [5.41, 5.74) is 1.77. The van der Waals surface area contributed by atoms with Crippen LogP contribution in [0.1, 0.15) is 48.5 Å². The number of methoxy groups -OCH3 is 1. The van der Waals surface area contributed by atoms with E-state index in [0.29, 0.717) is 12.2 Å². The van der Waals surface area contributed by atoms with Crippen LogP contribution in [0.15, 0.2) is 40.4 Å². The molecule has 0 aliphatic heterocycles. The molecule has 10 heteroatoms. The van der Waals surface area contributed by atoms with Crippen molar-refractivity contribution in [2.45, 2.75) is 32.6 Å². The molecular weight excluding hydrogens is 404 g/mol. The van der Waals surface area contributed by atoms with Crippen molar-refractivity contribution in [3.05, 3.63) is 62.1 Å². The number of aromatic nitrogens is 1. The van der Waals surface area contributed by atoms with Gasteiger partial charge in [0.05, 0.1) is 24.9 Å². The highest BCUT2D eigenvalue weighted by molar-refractivity contribution is 5.94. The van der Waals surface area contributed by atoms with Crippen LogP contribution in [-0.4, -0.2) is 35.3 Å². The van der Waals surface area contributed by atoms with Crippen molar-refractivity contribution in [2.24, 2.45) is 12.1 Å². The van der Waals surface area contributed by atoms with Gasteiger partial charge in [0, 0.05) is 24.9 Å². The molecule has 2 rings (SSSR count). The number of aryl methyl sites for hydroxylation is 1. The minimum absolute atomic E-state index is 0.0537. The zero-order chi connectivity index (χ0) is 22.8. The summed E-state index contributed by atoms with van der Waals surface area (Å²) < 4.78 is 12.2. The quantitative estimate of drug-likeness (QED) is 0.253. The fraction of sp³-hybridized carbons (Fsp3) is 0.381. The Balaban J connectivity index is 2.18. The van der Waals surface area contributed by atoms with Gasteiger partial charge >= 0.3 is 5.69 Å². The number of hydrogen-bond donors (Lipinski definition) is 1. The van der Waals surface area contributed by atoms with E-state index in [1.54, 1.807) is 6.07 Å². The summed E-state index contributed by atoms with van der Waals surface area (Å²) in [6.45, 7) is 2.43. The van der Waals surface area contributed by atoms with E-state index in [2.05, 4.69) is 17.5 Å². The van der Waals surface area contributed by atoms with Crippen LogP contribution in [0.3, 0.4) is 0 Å². The molecule has 166 valence electrons. The lowest BCUT2D eigenvalue weighted by Crippen LogP contribution is -2.29. The Kier molecular flexibility index (Phi) is 8.74. The molecule has 1 aromatic carbocycles. The van der Waals surface area contributed by atoms with Gasteiger partial charge in [-0.2, -0.15) is 5.10 Å². The Morgan fingerprint density at radius 3 is 2.77 bits per heavy atom. The number of rotatable bonds is 11. The van der Waals surface area contributed by atoms with Crippen LogP contribution in [-0.2, 0) is 7.05 Å². The standard InChI is InChI=1S/C21H26N4O6/c1-4-5-6-7-11-31-19-17(25(28)29)12-15(13-18(19)30-3)14-22-23-20(26)16-9-8-10-24(2)21(16)27/h8-10,12-14H,4-7,11H2,1-3H3,(H,23,26)/b22-14-. The van der Waals surface area contributed by atoms with Gasteiger partial charge in [-0.15, -0.1) is 0 Å². The van der Waals surface area contributed by atoms with Gasteiger partial charge in [0.2, 0.25) is 5.75 Å². The molecule has 0 saturated carbocycles. The average molecular weight is 430 g/mol.